The van der Waals surface area contributed by atoms with Crippen LogP contribution in [0.25, 0.3) is 0 Å². The number of benzene rings is 1. The van der Waals surface area contributed by atoms with Gasteiger partial charge < -0.3 is 15.5 Å². The minimum absolute atomic E-state index is 0.199. The van der Waals surface area contributed by atoms with E-state index in [2.05, 4.69) is 10.6 Å². The molecule has 1 aromatic carbocycles. The number of anilines is 1. The molecule has 10 heteroatoms. The van der Waals surface area contributed by atoms with Crippen LogP contribution >= 0.6 is 0 Å². The fourth-order valence-electron chi connectivity index (χ4n) is 4.11. The zero-order valence-corrected chi connectivity index (χ0v) is 17.6. The number of hydrogen-bond acceptors (Lipinski definition) is 5. The maximum Gasteiger partial charge on any atom is 0.251 e. The highest BCUT2D eigenvalue weighted by Gasteiger charge is 2.34. The van der Waals surface area contributed by atoms with Crippen LogP contribution in [0.3, 0.4) is 0 Å². The molecule has 1 fully saturated rings. The van der Waals surface area contributed by atoms with Gasteiger partial charge in [-0.3, -0.25) is 18.7 Å². The standard InChI is InChI=1S/C19H26N4O5S/c1-12-9-14-10-13(6-7-15(14)23(12)29(3,27)28)18(25)21-11-17(24)22-8-4-5-16(22)19(26)20-2/h6-7,10,12,16H,4-5,8-9,11H2,1-3H3,(H,20,26)(H,21,25). The predicted molar refractivity (Wildman–Crippen MR) is 108 cm³/mol. The highest BCUT2D eigenvalue weighted by atomic mass is 32.2. The molecule has 3 amide bonds. The number of hydrogen-bond donors (Lipinski definition) is 2. The van der Waals surface area contributed by atoms with E-state index < -0.39 is 22.0 Å². The molecule has 0 bridgehead atoms. The molecular weight excluding hydrogens is 396 g/mol. The van der Waals surface area contributed by atoms with Crippen molar-refractivity contribution in [3.63, 3.8) is 0 Å². The summed E-state index contributed by atoms with van der Waals surface area (Å²) in [4.78, 5) is 38.3. The first-order valence-electron chi connectivity index (χ1n) is 9.55. The van der Waals surface area contributed by atoms with Crippen LogP contribution in [-0.2, 0) is 26.0 Å². The second-order valence-corrected chi connectivity index (χ2v) is 9.36. The lowest BCUT2D eigenvalue weighted by Gasteiger charge is -2.23. The molecule has 2 unspecified atom stereocenters. The summed E-state index contributed by atoms with van der Waals surface area (Å²) < 4.78 is 25.4. The van der Waals surface area contributed by atoms with Gasteiger partial charge in [-0.05, 0) is 49.9 Å². The maximum absolute atomic E-state index is 12.5. The maximum atomic E-state index is 12.5. The number of likely N-dealkylation sites (N-methyl/N-ethyl adjacent to an activating group) is 1. The molecule has 0 aliphatic carbocycles. The Bertz CT molecular complexity index is 946. The highest BCUT2D eigenvalue weighted by molar-refractivity contribution is 7.92. The van der Waals surface area contributed by atoms with Crippen LogP contribution in [0.5, 0.6) is 0 Å². The molecular formula is C19H26N4O5S. The van der Waals surface area contributed by atoms with Crippen LogP contribution in [0.2, 0.25) is 0 Å². The molecule has 3 rings (SSSR count). The second kappa shape index (κ2) is 8.02. The van der Waals surface area contributed by atoms with Gasteiger partial charge in [0.15, 0.2) is 0 Å². The smallest absolute Gasteiger partial charge is 0.251 e. The molecule has 0 spiro atoms. The van der Waals surface area contributed by atoms with Crippen molar-refractivity contribution in [2.75, 3.05) is 30.7 Å². The number of sulfonamides is 1. The number of amides is 3. The number of nitrogens with zero attached hydrogens (tertiary/aromatic N) is 2. The molecule has 0 saturated carbocycles. The van der Waals surface area contributed by atoms with E-state index in [1.165, 1.54) is 16.3 Å². The fraction of sp³-hybridized carbons (Fsp3) is 0.526. The first-order chi connectivity index (χ1) is 13.6. The molecule has 2 aliphatic rings. The van der Waals surface area contributed by atoms with Crippen molar-refractivity contribution in [1.29, 1.82) is 0 Å². The van der Waals surface area contributed by atoms with Crippen LogP contribution in [-0.4, -0.2) is 69.5 Å². The summed E-state index contributed by atoms with van der Waals surface area (Å²) in [6.45, 7) is 2.11. The largest absolute Gasteiger partial charge is 0.357 e. The Hall–Kier alpha value is -2.62. The summed E-state index contributed by atoms with van der Waals surface area (Å²) in [5.41, 5.74) is 1.72. The van der Waals surface area contributed by atoms with Gasteiger partial charge >= 0.3 is 0 Å². The summed E-state index contributed by atoms with van der Waals surface area (Å²) >= 11 is 0. The molecule has 2 atom stereocenters. The Kier molecular flexibility index (Phi) is 5.83. The third kappa shape index (κ3) is 4.21. The quantitative estimate of drug-likeness (QED) is 0.685. The molecule has 0 aromatic heterocycles. The van der Waals surface area contributed by atoms with Gasteiger partial charge in [0.2, 0.25) is 21.8 Å². The van der Waals surface area contributed by atoms with Crippen molar-refractivity contribution >= 4 is 33.4 Å². The van der Waals surface area contributed by atoms with Gasteiger partial charge in [-0.15, -0.1) is 0 Å². The van der Waals surface area contributed by atoms with Gasteiger partial charge in [0.05, 0.1) is 18.5 Å². The minimum atomic E-state index is -3.39. The monoisotopic (exact) mass is 422 g/mol. The van der Waals surface area contributed by atoms with E-state index in [0.29, 0.717) is 30.6 Å². The molecule has 1 saturated heterocycles. The molecule has 2 aliphatic heterocycles. The van der Waals surface area contributed by atoms with E-state index in [0.717, 1.165) is 18.2 Å². The molecule has 0 radical (unpaired) electrons. The average molecular weight is 423 g/mol. The lowest BCUT2D eigenvalue weighted by molar-refractivity contribution is -0.137. The highest BCUT2D eigenvalue weighted by Crippen LogP contribution is 2.34. The molecule has 9 nitrogen and oxygen atoms in total. The molecule has 1 aromatic rings. The summed E-state index contributed by atoms with van der Waals surface area (Å²) in [6.07, 6.45) is 3.04. The number of fused-ring (bicyclic) bond motifs is 1. The molecule has 29 heavy (non-hydrogen) atoms. The van der Waals surface area contributed by atoms with Crippen molar-refractivity contribution in [3.05, 3.63) is 29.3 Å². The van der Waals surface area contributed by atoms with Gasteiger partial charge in [0, 0.05) is 25.2 Å². The van der Waals surface area contributed by atoms with Crippen molar-refractivity contribution in [2.45, 2.75) is 38.3 Å². The zero-order valence-electron chi connectivity index (χ0n) is 16.8. The Morgan fingerprint density at radius 1 is 1.24 bits per heavy atom. The van der Waals surface area contributed by atoms with Crippen LogP contribution < -0.4 is 14.9 Å². The van der Waals surface area contributed by atoms with Crippen molar-refractivity contribution < 1.29 is 22.8 Å². The number of likely N-dealkylation sites (tertiary alicyclic amines) is 1. The van der Waals surface area contributed by atoms with Crippen LogP contribution in [0.1, 0.15) is 35.7 Å². The van der Waals surface area contributed by atoms with Crippen LogP contribution in [0.4, 0.5) is 5.69 Å². The first kappa shape index (κ1) is 21.1. The Morgan fingerprint density at radius 2 is 1.97 bits per heavy atom. The summed E-state index contributed by atoms with van der Waals surface area (Å²) in [5, 5.41) is 5.16. The van der Waals surface area contributed by atoms with E-state index in [1.54, 1.807) is 18.2 Å². The Balaban J connectivity index is 1.66. The van der Waals surface area contributed by atoms with E-state index in [4.69, 9.17) is 0 Å². The number of nitrogens with one attached hydrogen (secondary N) is 2. The minimum Gasteiger partial charge on any atom is -0.357 e. The van der Waals surface area contributed by atoms with Gasteiger partial charge in [-0.1, -0.05) is 0 Å². The van der Waals surface area contributed by atoms with Gasteiger partial charge in [-0.2, -0.15) is 0 Å². The van der Waals surface area contributed by atoms with Crippen molar-refractivity contribution in [3.8, 4) is 0 Å². The lowest BCUT2D eigenvalue weighted by Crippen LogP contribution is -2.48. The molecule has 2 N–H and O–H groups in total. The first-order valence-corrected chi connectivity index (χ1v) is 11.4. The second-order valence-electron chi connectivity index (χ2n) is 7.50. The van der Waals surface area contributed by atoms with E-state index in [-0.39, 0.29) is 24.4 Å². The third-order valence-corrected chi connectivity index (χ3v) is 6.65. The fourth-order valence-corrected chi connectivity index (χ4v) is 5.38. The van der Waals surface area contributed by atoms with Crippen molar-refractivity contribution in [2.24, 2.45) is 0 Å². The van der Waals surface area contributed by atoms with Crippen LogP contribution in [0, 0.1) is 0 Å². The summed E-state index contributed by atoms with van der Waals surface area (Å²) in [5.74, 6) is -0.921. The van der Waals surface area contributed by atoms with Gasteiger partial charge in [-0.25, -0.2) is 8.42 Å². The Labute approximate surface area is 170 Å². The summed E-state index contributed by atoms with van der Waals surface area (Å²) in [7, 11) is -1.86. The SMILES string of the molecule is CNC(=O)C1CCCN1C(=O)CNC(=O)c1ccc2c(c1)CC(C)N2S(C)(=O)=O. The summed E-state index contributed by atoms with van der Waals surface area (Å²) in [6, 6.07) is 4.14. The molecule has 2 heterocycles. The predicted octanol–water partition coefficient (Wildman–Crippen LogP) is -0.136. The lowest BCUT2D eigenvalue weighted by atomic mass is 10.1. The third-order valence-electron chi connectivity index (χ3n) is 5.37. The number of rotatable bonds is 5. The zero-order chi connectivity index (χ0) is 21.3. The van der Waals surface area contributed by atoms with Gasteiger partial charge in [0.1, 0.15) is 6.04 Å². The van der Waals surface area contributed by atoms with Crippen molar-refractivity contribution in [1.82, 2.24) is 15.5 Å². The average Bonchev–Trinajstić information content (AvgIpc) is 3.27. The van der Waals surface area contributed by atoms with E-state index >= 15 is 0 Å². The topological polar surface area (TPSA) is 116 Å². The number of carbonyl (C=O) groups is 3. The van der Waals surface area contributed by atoms with Gasteiger partial charge in [0.25, 0.3) is 5.91 Å². The Morgan fingerprint density at radius 3 is 2.62 bits per heavy atom. The van der Waals surface area contributed by atoms with E-state index in [9.17, 15) is 22.8 Å². The number of carbonyl (C=O) groups excluding carboxylic acids is 3. The molecule has 158 valence electrons. The normalized spacial score (nSPS) is 21.1. The van der Waals surface area contributed by atoms with E-state index in [1.807, 2.05) is 6.92 Å². The van der Waals surface area contributed by atoms with Crippen LogP contribution in [0.15, 0.2) is 18.2 Å².